The minimum Gasteiger partial charge on any atom is -0.330 e. The Morgan fingerprint density at radius 3 is 2.36 bits per heavy atom. The molecule has 3 heteroatoms. The average Bonchev–Trinajstić information content (AvgIpc) is 2.53. The summed E-state index contributed by atoms with van der Waals surface area (Å²) in [5.74, 6) is 0. The van der Waals surface area contributed by atoms with Crippen molar-refractivity contribution in [2.24, 2.45) is 5.73 Å². The Labute approximate surface area is 91.5 Å². The zero-order valence-electron chi connectivity index (χ0n) is 9.47. The van der Waals surface area contributed by atoms with Crippen molar-refractivity contribution in [1.82, 2.24) is 5.32 Å². The van der Waals surface area contributed by atoms with Gasteiger partial charge in [-0.2, -0.15) is 0 Å². The van der Waals surface area contributed by atoms with Gasteiger partial charge in [0.15, 0.2) is 0 Å². The fraction of sp³-hybridized carbons (Fsp3) is 0.636. The first-order valence-corrected chi connectivity index (χ1v) is 5.90. The van der Waals surface area contributed by atoms with Crippen LogP contribution in [0.3, 0.4) is 0 Å². The summed E-state index contributed by atoms with van der Waals surface area (Å²) in [5, 5.41) is 2.75. The van der Waals surface area contributed by atoms with E-state index in [0.29, 0.717) is 0 Å². The van der Waals surface area contributed by atoms with Gasteiger partial charge in [-0.25, -0.2) is 0 Å². The Morgan fingerprint density at radius 2 is 1.93 bits per heavy atom. The summed E-state index contributed by atoms with van der Waals surface area (Å²) < 4.78 is 0. The summed E-state index contributed by atoms with van der Waals surface area (Å²) >= 11 is 1.90. The lowest BCUT2D eigenvalue weighted by Gasteiger charge is -1.94. The molecule has 0 aromatic carbocycles. The van der Waals surface area contributed by atoms with Crippen molar-refractivity contribution in [3.63, 3.8) is 0 Å². The fourth-order valence-corrected chi connectivity index (χ4v) is 2.00. The zero-order chi connectivity index (χ0) is 10.8. The van der Waals surface area contributed by atoms with Crippen LogP contribution in [-0.2, 0) is 6.42 Å². The van der Waals surface area contributed by atoms with Crippen molar-refractivity contribution in [2.75, 3.05) is 20.6 Å². The lowest BCUT2D eigenvalue weighted by atomic mass is 10.2. The Balaban J connectivity index is 0.000000500. The molecule has 0 atom stereocenters. The smallest absolute Gasteiger partial charge is 0.00480 e. The molecule has 0 saturated carbocycles. The van der Waals surface area contributed by atoms with Crippen molar-refractivity contribution in [2.45, 2.75) is 26.2 Å². The molecule has 1 aromatic heterocycles. The highest BCUT2D eigenvalue weighted by molar-refractivity contribution is 7.11. The number of hydrogen-bond donors (Lipinski definition) is 2. The van der Waals surface area contributed by atoms with E-state index in [1.807, 2.05) is 25.4 Å². The van der Waals surface area contributed by atoms with Gasteiger partial charge >= 0.3 is 0 Å². The van der Waals surface area contributed by atoms with Gasteiger partial charge in [0.2, 0.25) is 0 Å². The van der Waals surface area contributed by atoms with Gasteiger partial charge in [0, 0.05) is 9.75 Å². The van der Waals surface area contributed by atoms with Crippen LogP contribution in [0.2, 0.25) is 0 Å². The SMILES string of the molecule is CNC.Cc1ccc(CCCCN)s1. The maximum Gasteiger partial charge on any atom is 0.00480 e. The maximum absolute atomic E-state index is 5.40. The number of nitrogens with one attached hydrogen (secondary N) is 1. The van der Waals surface area contributed by atoms with Crippen LogP contribution in [0.25, 0.3) is 0 Å². The van der Waals surface area contributed by atoms with Crippen LogP contribution in [0.5, 0.6) is 0 Å². The van der Waals surface area contributed by atoms with Crippen LogP contribution in [0.4, 0.5) is 0 Å². The minimum absolute atomic E-state index is 0.824. The Bertz CT molecular complexity index is 221. The molecule has 0 unspecified atom stereocenters. The molecule has 1 aromatic rings. The third-order valence-electron chi connectivity index (χ3n) is 1.67. The normalized spacial score (nSPS) is 9.43. The molecule has 0 radical (unpaired) electrons. The second-order valence-corrected chi connectivity index (χ2v) is 4.63. The predicted octanol–water partition coefficient (Wildman–Crippen LogP) is 2.17. The highest BCUT2D eigenvalue weighted by Crippen LogP contribution is 2.16. The standard InChI is InChI=1S/C9H15NS.C2H7N/c1-8-5-6-9(11-8)4-2-3-7-10;1-3-2/h5-6H,2-4,7,10H2,1H3;3H,1-2H3. The van der Waals surface area contributed by atoms with Crippen molar-refractivity contribution in [3.8, 4) is 0 Å². The first-order valence-electron chi connectivity index (χ1n) is 5.08. The van der Waals surface area contributed by atoms with Crippen molar-refractivity contribution in [3.05, 3.63) is 21.9 Å². The number of thiophene rings is 1. The summed E-state index contributed by atoms with van der Waals surface area (Å²) in [6.07, 6.45) is 3.59. The lowest BCUT2D eigenvalue weighted by molar-refractivity contribution is 0.751. The first kappa shape index (κ1) is 13.6. The van der Waals surface area contributed by atoms with Crippen molar-refractivity contribution in [1.29, 1.82) is 0 Å². The van der Waals surface area contributed by atoms with Crippen LogP contribution < -0.4 is 11.1 Å². The van der Waals surface area contributed by atoms with Gasteiger partial charge in [0.1, 0.15) is 0 Å². The molecule has 0 aliphatic heterocycles. The van der Waals surface area contributed by atoms with Crippen molar-refractivity contribution < 1.29 is 0 Å². The Hall–Kier alpha value is -0.380. The second kappa shape index (κ2) is 9.19. The molecule has 82 valence electrons. The van der Waals surface area contributed by atoms with Gasteiger partial charge in [0.05, 0.1) is 0 Å². The van der Waals surface area contributed by atoms with Gasteiger partial charge in [-0.15, -0.1) is 11.3 Å². The van der Waals surface area contributed by atoms with E-state index in [-0.39, 0.29) is 0 Å². The van der Waals surface area contributed by atoms with E-state index in [0.717, 1.165) is 13.0 Å². The van der Waals surface area contributed by atoms with Gasteiger partial charge in [-0.05, 0) is 59.0 Å². The third-order valence-corrected chi connectivity index (χ3v) is 2.73. The van der Waals surface area contributed by atoms with Gasteiger partial charge in [-0.3, -0.25) is 0 Å². The first-order chi connectivity index (χ1) is 6.74. The van der Waals surface area contributed by atoms with Gasteiger partial charge in [-0.1, -0.05) is 0 Å². The summed E-state index contributed by atoms with van der Waals surface area (Å²) in [6.45, 7) is 2.97. The average molecular weight is 214 g/mol. The molecule has 1 rings (SSSR count). The summed E-state index contributed by atoms with van der Waals surface area (Å²) in [4.78, 5) is 2.91. The van der Waals surface area contributed by atoms with Crippen LogP contribution in [0.1, 0.15) is 22.6 Å². The molecule has 0 spiro atoms. The molecule has 2 nitrogen and oxygen atoms in total. The number of aryl methyl sites for hydroxylation is 2. The molecule has 1 heterocycles. The molecule has 0 fully saturated rings. The molecule has 0 saturated heterocycles. The monoisotopic (exact) mass is 214 g/mol. The topological polar surface area (TPSA) is 38.0 Å². The number of hydrogen-bond acceptors (Lipinski definition) is 3. The van der Waals surface area contributed by atoms with E-state index >= 15 is 0 Å². The van der Waals surface area contributed by atoms with E-state index in [1.165, 1.54) is 22.6 Å². The van der Waals surface area contributed by atoms with Crippen LogP contribution in [0, 0.1) is 6.92 Å². The summed E-state index contributed by atoms with van der Waals surface area (Å²) in [7, 11) is 3.75. The van der Waals surface area contributed by atoms with Gasteiger partial charge < -0.3 is 11.1 Å². The molecule has 0 amide bonds. The summed E-state index contributed by atoms with van der Waals surface area (Å²) in [6, 6.07) is 4.40. The molecule has 0 aliphatic rings. The van der Waals surface area contributed by atoms with Crippen LogP contribution in [0.15, 0.2) is 12.1 Å². The highest BCUT2D eigenvalue weighted by Gasteiger charge is 1.95. The summed E-state index contributed by atoms with van der Waals surface area (Å²) in [5.41, 5.74) is 5.40. The zero-order valence-corrected chi connectivity index (χ0v) is 10.3. The largest absolute Gasteiger partial charge is 0.330 e. The quantitative estimate of drug-likeness (QED) is 0.754. The van der Waals surface area contributed by atoms with E-state index in [9.17, 15) is 0 Å². The highest BCUT2D eigenvalue weighted by atomic mass is 32.1. The molecule has 14 heavy (non-hydrogen) atoms. The molecule has 0 aliphatic carbocycles. The van der Waals surface area contributed by atoms with Crippen LogP contribution in [-0.4, -0.2) is 20.6 Å². The molecule has 0 bridgehead atoms. The van der Waals surface area contributed by atoms with Gasteiger partial charge in [0.25, 0.3) is 0 Å². The van der Waals surface area contributed by atoms with Crippen LogP contribution >= 0.6 is 11.3 Å². The molecular weight excluding hydrogens is 192 g/mol. The minimum atomic E-state index is 0.824. The number of rotatable bonds is 4. The number of unbranched alkanes of at least 4 members (excludes halogenated alkanes) is 1. The van der Waals surface area contributed by atoms with E-state index in [2.05, 4.69) is 24.4 Å². The molecule has 3 N–H and O–H groups in total. The second-order valence-electron chi connectivity index (χ2n) is 3.26. The maximum atomic E-state index is 5.40. The predicted molar refractivity (Wildman–Crippen MR) is 66.0 cm³/mol. The van der Waals surface area contributed by atoms with E-state index < -0.39 is 0 Å². The van der Waals surface area contributed by atoms with Crippen molar-refractivity contribution >= 4 is 11.3 Å². The fourth-order valence-electron chi connectivity index (χ4n) is 1.06. The Kier molecular flexibility index (Phi) is 8.94. The third kappa shape index (κ3) is 7.06. The van der Waals surface area contributed by atoms with E-state index in [1.54, 1.807) is 0 Å². The Morgan fingerprint density at radius 1 is 1.29 bits per heavy atom. The lowest BCUT2D eigenvalue weighted by Crippen LogP contribution is -1.98. The van der Waals surface area contributed by atoms with E-state index in [4.69, 9.17) is 5.73 Å². The molecular formula is C11H22N2S. The number of nitrogens with two attached hydrogens (primary N) is 1.